The van der Waals surface area contributed by atoms with Gasteiger partial charge in [-0.25, -0.2) is 9.18 Å². The Balaban J connectivity index is 0.000000354. The Morgan fingerprint density at radius 2 is 2.17 bits per heavy atom. The zero-order valence-electron chi connectivity index (χ0n) is 7.10. The molecule has 0 aliphatic carbocycles. The standard InChI is InChI=1S/C4H4FN3O.C3H8/c5-2-1-7-4(9)8-3(2)6;1-3-2/h1H,(H3,6,7,8,9);3H2,1-2H3. The summed E-state index contributed by atoms with van der Waals surface area (Å²) in [5, 5.41) is 0. The number of nitrogens with one attached hydrogen (secondary N) is 1. The van der Waals surface area contributed by atoms with Gasteiger partial charge in [-0.15, -0.1) is 0 Å². The van der Waals surface area contributed by atoms with E-state index >= 15 is 0 Å². The molecular weight excluding hydrogens is 161 g/mol. The van der Waals surface area contributed by atoms with E-state index in [0.717, 1.165) is 6.20 Å². The van der Waals surface area contributed by atoms with E-state index in [2.05, 4.69) is 18.8 Å². The Kier molecular flexibility index (Phi) is 4.67. The largest absolute Gasteiger partial charge is 0.383 e. The predicted octanol–water partition coefficient (Wildman–Crippen LogP) is 0.907. The first-order valence-corrected chi connectivity index (χ1v) is 3.62. The number of nitrogens with two attached hydrogens (primary N) is 1. The second-order valence-electron chi connectivity index (χ2n) is 2.16. The SMILES string of the molecule is CCC.Nc1[nH]c(=O)ncc1F. The van der Waals surface area contributed by atoms with Crippen molar-refractivity contribution in [3.63, 3.8) is 0 Å². The van der Waals surface area contributed by atoms with Gasteiger partial charge < -0.3 is 5.73 Å². The molecule has 0 radical (unpaired) electrons. The minimum atomic E-state index is -0.713. The summed E-state index contributed by atoms with van der Waals surface area (Å²) in [4.78, 5) is 15.3. The average molecular weight is 173 g/mol. The molecule has 0 saturated carbocycles. The number of hydrogen-bond donors (Lipinski definition) is 2. The van der Waals surface area contributed by atoms with E-state index in [9.17, 15) is 9.18 Å². The van der Waals surface area contributed by atoms with Crippen LogP contribution in [0.5, 0.6) is 0 Å². The lowest BCUT2D eigenvalue weighted by Gasteiger charge is -1.89. The molecule has 0 unspecified atom stereocenters. The van der Waals surface area contributed by atoms with Crippen LogP contribution < -0.4 is 11.4 Å². The van der Waals surface area contributed by atoms with Crippen LogP contribution in [0.1, 0.15) is 20.3 Å². The summed E-state index contributed by atoms with van der Waals surface area (Å²) in [6.07, 6.45) is 2.02. The number of aromatic amines is 1. The van der Waals surface area contributed by atoms with Crippen LogP contribution in [0.2, 0.25) is 0 Å². The van der Waals surface area contributed by atoms with Crippen LogP contribution in [-0.2, 0) is 0 Å². The summed E-state index contributed by atoms with van der Waals surface area (Å²) in [6, 6.07) is 0. The molecule has 1 rings (SSSR count). The Hall–Kier alpha value is -1.39. The topological polar surface area (TPSA) is 71.8 Å². The first-order valence-electron chi connectivity index (χ1n) is 3.62. The van der Waals surface area contributed by atoms with Crippen molar-refractivity contribution < 1.29 is 4.39 Å². The zero-order chi connectivity index (χ0) is 9.56. The smallest absolute Gasteiger partial charge is 0.346 e. The Bertz CT molecular complexity index is 284. The first-order chi connectivity index (χ1) is 5.61. The molecule has 4 nitrogen and oxygen atoms in total. The molecular formula is C7H12FN3O. The van der Waals surface area contributed by atoms with E-state index in [1.807, 2.05) is 4.98 Å². The molecule has 12 heavy (non-hydrogen) atoms. The van der Waals surface area contributed by atoms with Gasteiger partial charge in [-0.3, -0.25) is 4.98 Å². The second-order valence-corrected chi connectivity index (χ2v) is 2.16. The molecule has 1 aromatic heterocycles. The van der Waals surface area contributed by atoms with Gasteiger partial charge in [0.05, 0.1) is 6.20 Å². The number of hydrogen-bond acceptors (Lipinski definition) is 3. The molecule has 0 aromatic carbocycles. The molecule has 68 valence electrons. The van der Waals surface area contributed by atoms with Crippen molar-refractivity contribution in [2.24, 2.45) is 0 Å². The van der Waals surface area contributed by atoms with Crippen molar-refractivity contribution in [2.45, 2.75) is 20.3 Å². The maximum absolute atomic E-state index is 12.1. The first kappa shape index (κ1) is 10.6. The molecule has 5 heteroatoms. The van der Waals surface area contributed by atoms with Gasteiger partial charge in [0, 0.05) is 0 Å². The van der Waals surface area contributed by atoms with Crippen molar-refractivity contribution in [3.8, 4) is 0 Å². The average Bonchev–Trinajstić information content (AvgIpc) is 1.99. The Labute approximate surface area is 69.6 Å². The summed E-state index contributed by atoms with van der Waals surface area (Å²) >= 11 is 0. The number of H-pyrrole nitrogens is 1. The van der Waals surface area contributed by atoms with Crippen molar-refractivity contribution in [2.75, 3.05) is 5.73 Å². The predicted molar refractivity (Wildman–Crippen MR) is 45.2 cm³/mol. The quantitative estimate of drug-likeness (QED) is 0.612. The van der Waals surface area contributed by atoms with Crippen LogP contribution in [0.15, 0.2) is 11.0 Å². The molecule has 0 fully saturated rings. The van der Waals surface area contributed by atoms with Crippen molar-refractivity contribution >= 4 is 5.82 Å². The van der Waals surface area contributed by atoms with E-state index in [4.69, 9.17) is 5.73 Å². The van der Waals surface area contributed by atoms with Gasteiger partial charge in [-0.05, 0) is 0 Å². The maximum Gasteiger partial charge on any atom is 0.346 e. The summed E-state index contributed by atoms with van der Waals surface area (Å²) in [5.41, 5.74) is 4.31. The molecule has 0 aliphatic rings. The Morgan fingerprint density at radius 1 is 1.67 bits per heavy atom. The number of halogens is 1. The third-order valence-corrected chi connectivity index (χ3v) is 0.794. The van der Waals surface area contributed by atoms with Gasteiger partial charge >= 0.3 is 5.69 Å². The highest BCUT2D eigenvalue weighted by Crippen LogP contribution is 1.96. The lowest BCUT2D eigenvalue weighted by molar-refractivity contribution is 0.617. The van der Waals surface area contributed by atoms with Crippen molar-refractivity contribution in [3.05, 3.63) is 22.5 Å². The fourth-order valence-corrected chi connectivity index (χ4v) is 0.392. The molecule has 0 bridgehead atoms. The minimum Gasteiger partial charge on any atom is -0.383 e. The van der Waals surface area contributed by atoms with Gasteiger partial charge in [-0.2, -0.15) is 4.98 Å². The summed E-state index contributed by atoms with van der Waals surface area (Å²) in [6.45, 7) is 4.25. The lowest BCUT2D eigenvalue weighted by atomic mass is 10.6. The van der Waals surface area contributed by atoms with Crippen LogP contribution in [0.3, 0.4) is 0 Å². The number of rotatable bonds is 0. The third kappa shape index (κ3) is 3.70. The highest BCUT2D eigenvalue weighted by Gasteiger charge is 1.95. The van der Waals surface area contributed by atoms with E-state index in [1.165, 1.54) is 6.42 Å². The fraction of sp³-hybridized carbons (Fsp3) is 0.429. The minimum absolute atomic E-state index is 0.282. The molecule has 3 N–H and O–H groups in total. The van der Waals surface area contributed by atoms with E-state index in [1.54, 1.807) is 0 Å². The van der Waals surface area contributed by atoms with Crippen molar-refractivity contribution in [1.29, 1.82) is 0 Å². The zero-order valence-corrected chi connectivity index (χ0v) is 7.10. The lowest BCUT2D eigenvalue weighted by Crippen LogP contribution is -2.12. The van der Waals surface area contributed by atoms with E-state index in [-0.39, 0.29) is 5.82 Å². The van der Waals surface area contributed by atoms with Crippen LogP contribution in [-0.4, -0.2) is 9.97 Å². The normalized spacial score (nSPS) is 8.58. The summed E-state index contributed by atoms with van der Waals surface area (Å²) in [5.74, 6) is -0.996. The third-order valence-electron chi connectivity index (χ3n) is 0.794. The monoisotopic (exact) mass is 173 g/mol. The second kappa shape index (κ2) is 5.29. The van der Waals surface area contributed by atoms with Gasteiger partial charge in [-0.1, -0.05) is 20.3 Å². The van der Waals surface area contributed by atoms with Gasteiger partial charge in [0.15, 0.2) is 5.82 Å². The molecule has 1 heterocycles. The van der Waals surface area contributed by atoms with E-state index in [0.29, 0.717) is 0 Å². The molecule has 0 saturated heterocycles. The number of anilines is 1. The van der Waals surface area contributed by atoms with E-state index < -0.39 is 11.5 Å². The van der Waals surface area contributed by atoms with Crippen LogP contribution in [0, 0.1) is 5.82 Å². The van der Waals surface area contributed by atoms with Gasteiger partial charge in [0.1, 0.15) is 5.82 Å². The maximum atomic E-state index is 12.1. The molecule has 0 spiro atoms. The van der Waals surface area contributed by atoms with Gasteiger partial charge in [0.25, 0.3) is 0 Å². The number of nitrogen functional groups attached to an aromatic ring is 1. The molecule has 0 aliphatic heterocycles. The van der Waals surface area contributed by atoms with Gasteiger partial charge in [0.2, 0.25) is 0 Å². The summed E-state index contributed by atoms with van der Waals surface area (Å²) < 4.78 is 12.1. The summed E-state index contributed by atoms with van der Waals surface area (Å²) in [7, 11) is 0. The number of nitrogens with zero attached hydrogens (tertiary/aromatic N) is 1. The van der Waals surface area contributed by atoms with Crippen LogP contribution in [0.25, 0.3) is 0 Å². The fourth-order valence-electron chi connectivity index (χ4n) is 0.392. The highest BCUT2D eigenvalue weighted by atomic mass is 19.1. The number of aromatic nitrogens is 2. The molecule has 0 amide bonds. The Morgan fingerprint density at radius 3 is 2.50 bits per heavy atom. The van der Waals surface area contributed by atoms with Crippen LogP contribution >= 0.6 is 0 Å². The van der Waals surface area contributed by atoms with Crippen molar-refractivity contribution in [1.82, 2.24) is 9.97 Å². The van der Waals surface area contributed by atoms with Crippen LogP contribution in [0.4, 0.5) is 10.2 Å². The highest BCUT2D eigenvalue weighted by molar-refractivity contribution is 5.25. The molecule has 0 atom stereocenters. The molecule has 1 aromatic rings.